The molecule has 1 aromatic heterocycles. The van der Waals surface area contributed by atoms with E-state index >= 15 is 0 Å². The van der Waals surface area contributed by atoms with Gasteiger partial charge in [0, 0.05) is 12.3 Å². The number of hydrogen-bond donors (Lipinski definition) is 2. The number of nitrogens with one attached hydrogen (secondary N) is 2. The molecule has 11 heavy (non-hydrogen) atoms. The average molecular weight is 150 g/mol. The number of amidine groups is 1. The molecule has 57 valence electrons. The minimum Gasteiger partial charge on any atom is -0.281 e. The lowest BCUT2D eigenvalue weighted by Crippen LogP contribution is -2.22. The molecular weight excluding hydrogens is 142 g/mol. The molecule has 1 heterocycles. The van der Waals surface area contributed by atoms with Gasteiger partial charge < -0.3 is 0 Å². The summed E-state index contributed by atoms with van der Waals surface area (Å²) in [6, 6.07) is 6.20. The summed E-state index contributed by atoms with van der Waals surface area (Å²) in [6.07, 6.45) is 1.59. The highest BCUT2D eigenvalue weighted by molar-refractivity contribution is 5.93. The van der Waals surface area contributed by atoms with Gasteiger partial charge in [-0.25, -0.2) is 5.48 Å². The van der Waals surface area contributed by atoms with E-state index in [9.17, 15) is 0 Å². The second-order valence-electron chi connectivity index (χ2n) is 1.81. The Morgan fingerprint density at radius 1 is 1.82 bits per heavy atom. The number of aromatic nitrogens is 1. The van der Waals surface area contributed by atoms with Crippen LogP contribution < -0.4 is 5.48 Å². The van der Waals surface area contributed by atoms with E-state index in [-0.39, 0.29) is 5.84 Å². The quantitative estimate of drug-likeness (QED) is 0.363. The van der Waals surface area contributed by atoms with E-state index in [1.54, 1.807) is 18.3 Å². The summed E-state index contributed by atoms with van der Waals surface area (Å²) >= 11 is 0. The van der Waals surface area contributed by atoms with Gasteiger partial charge in [0.25, 0.3) is 0 Å². The van der Waals surface area contributed by atoms with E-state index < -0.39 is 0 Å². The maximum Gasteiger partial charge on any atom is 0.169 e. The first-order chi connectivity index (χ1) is 5.34. The first kappa shape index (κ1) is 7.68. The van der Waals surface area contributed by atoms with Crippen LogP contribution in [0.5, 0.6) is 0 Å². The molecule has 0 aliphatic heterocycles. The summed E-state index contributed by atoms with van der Waals surface area (Å²) in [6.45, 7) is 0. The van der Waals surface area contributed by atoms with Crippen molar-refractivity contribution in [2.45, 2.75) is 0 Å². The van der Waals surface area contributed by atoms with E-state index in [2.05, 4.69) is 21.4 Å². The third-order valence-electron chi connectivity index (χ3n) is 1.05. The Bertz CT molecular complexity index is 235. The number of hydrogen-bond acceptors (Lipinski definition) is 3. The van der Waals surface area contributed by atoms with Crippen molar-refractivity contribution in [2.75, 3.05) is 7.11 Å². The van der Waals surface area contributed by atoms with E-state index in [0.29, 0.717) is 5.69 Å². The minimum atomic E-state index is 0.105. The van der Waals surface area contributed by atoms with Crippen LogP contribution in [-0.4, -0.2) is 17.9 Å². The zero-order chi connectivity index (χ0) is 8.10. The van der Waals surface area contributed by atoms with Crippen molar-refractivity contribution >= 4 is 5.84 Å². The summed E-state index contributed by atoms with van der Waals surface area (Å²) in [7, 11) is 1.44. The fraction of sp³-hybridized carbons (Fsp3) is 0.143. The molecule has 1 rings (SSSR count). The van der Waals surface area contributed by atoms with Crippen molar-refractivity contribution in [3.05, 3.63) is 30.1 Å². The van der Waals surface area contributed by atoms with Crippen LogP contribution in [0.4, 0.5) is 0 Å². The second-order valence-corrected chi connectivity index (χ2v) is 1.81. The Morgan fingerprint density at radius 2 is 2.64 bits per heavy atom. The van der Waals surface area contributed by atoms with E-state index in [1.807, 2.05) is 0 Å². The van der Waals surface area contributed by atoms with Crippen LogP contribution in [0.15, 0.2) is 18.3 Å². The zero-order valence-electron chi connectivity index (χ0n) is 6.09. The molecule has 1 aromatic rings. The molecule has 0 spiro atoms. The summed E-state index contributed by atoms with van der Waals surface area (Å²) in [5, 5.41) is 7.30. The van der Waals surface area contributed by atoms with Gasteiger partial charge in [-0.15, -0.1) is 0 Å². The van der Waals surface area contributed by atoms with Gasteiger partial charge in [0.2, 0.25) is 0 Å². The molecule has 0 aliphatic rings. The van der Waals surface area contributed by atoms with Crippen LogP contribution in [0.3, 0.4) is 0 Å². The molecule has 0 saturated heterocycles. The highest BCUT2D eigenvalue weighted by Gasteiger charge is 1.98. The van der Waals surface area contributed by atoms with E-state index in [4.69, 9.17) is 5.41 Å². The molecule has 0 unspecified atom stereocenters. The SMILES string of the molecule is CONC(=N)c1[c]cccn1. The molecule has 0 aromatic carbocycles. The second kappa shape index (κ2) is 3.68. The zero-order valence-corrected chi connectivity index (χ0v) is 6.09. The van der Waals surface area contributed by atoms with E-state index in [1.165, 1.54) is 7.11 Å². The summed E-state index contributed by atoms with van der Waals surface area (Å²) in [5.41, 5.74) is 2.79. The normalized spacial score (nSPS) is 9.18. The van der Waals surface area contributed by atoms with Crippen molar-refractivity contribution in [3.63, 3.8) is 0 Å². The number of nitrogens with zero attached hydrogens (tertiary/aromatic N) is 1. The number of hydroxylamine groups is 1. The lowest BCUT2D eigenvalue weighted by Gasteiger charge is -2.01. The number of rotatable bonds is 2. The molecule has 2 N–H and O–H groups in total. The van der Waals surface area contributed by atoms with Gasteiger partial charge in [0.15, 0.2) is 5.84 Å². The van der Waals surface area contributed by atoms with Crippen molar-refractivity contribution in [2.24, 2.45) is 0 Å². The Hall–Kier alpha value is -1.42. The van der Waals surface area contributed by atoms with Crippen LogP contribution in [0.2, 0.25) is 0 Å². The summed E-state index contributed by atoms with van der Waals surface area (Å²) in [5.74, 6) is 0.105. The maximum atomic E-state index is 7.30. The molecule has 0 aliphatic carbocycles. The summed E-state index contributed by atoms with van der Waals surface area (Å²) < 4.78 is 0. The topological polar surface area (TPSA) is 58.0 Å². The molecule has 0 saturated carbocycles. The van der Waals surface area contributed by atoms with E-state index in [0.717, 1.165) is 0 Å². The predicted molar refractivity (Wildman–Crippen MR) is 40.0 cm³/mol. The highest BCUT2D eigenvalue weighted by atomic mass is 16.6. The van der Waals surface area contributed by atoms with Crippen LogP contribution >= 0.6 is 0 Å². The molecule has 4 heteroatoms. The Labute approximate surface area is 64.7 Å². The smallest absolute Gasteiger partial charge is 0.169 e. The van der Waals surface area contributed by atoms with Crippen LogP contribution in [0, 0.1) is 11.5 Å². The minimum absolute atomic E-state index is 0.105. The van der Waals surface area contributed by atoms with Crippen molar-refractivity contribution in [3.8, 4) is 0 Å². The first-order valence-corrected chi connectivity index (χ1v) is 3.05. The van der Waals surface area contributed by atoms with Gasteiger partial charge in [-0.3, -0.25) is 15.2 Å². The lowest BCUT2D eigenvalue weighted by molar-refractivity contribution is 0.144. The van der Waals surface area contributed by atoms with Crippen molar-refractivity contribution in [1.82, 2.24) is 10.5 Å². The maximum absolute atomic E-state index is 7.30. The fourth-order valence-electron chi connectivity index (χ4n) is 0.612. The van der Waals surface area contributed by atoms with Crippen LogP contribution in [0.25, 0.3) is 0 Å². The third kappa shape index (κ3) is 2.01. The fourth-order valence-corrected chi connectivity index (χ4v) is 0.612. The van der Waals surface area contributed by atoms with Gasteiger partial charge in [-0.1, -0.05) is 6.07 Å². The average Bonchev–Trinajstić information content (AvgIpc) is 2.07. The standard InChI is InChI=1S/C7H8N3O/c1-11-10-7(8)6-4-2-3-5-9-6/h2-3,5H,1H3,(H2,8,10). The van der Waals surface area contributed by atoms with Crippen molar-refractivity contribution < 1.29 is 4.84 Å². The monoisotopic (exact) mass is 150 g/mol. The van der Waals surface area contributed by atoms with Gasteiger partial charge in [0.1, 0.15) is 5.69 Å². The Morgan fingerprint density at radius 3 is 3.18 bits per heavy atom. The van der Waals surface area contributed by atoms with Crippen LogP contribution in [-0.2, 0) is 4.84 Å². The lowest BCUT2D eigenvalue weighted by atomic mass is 10.3. The summed E-state index contributed by atoms with van der Waals surface area (Å²) in [4.78, 5) is 8.40. The third-order valence-corrected chi connectivity index (χ3v) is 1.05. The van der Waals surface area contributed by atoms with Gasteiger partial charge >= 0.3 is 0 Å². The van der Waals surface area contributed by atoms with Crippen LogP contribution in [0.1, 0.15) is 5.69 Å². The Kier molecular flexibility index (Phi) is 2.57. The first-order valence-electron chi connectivity index (χ1n) is 3.05. The predicted octanol–water partition coefficient (Wildman–Crippen LogP) is 0.358. The van der Waals surface area contributed by atoms with Gasteiger partial charge in [-0.05, 0) is 6.07 Å². The number of pyridine rings is 1. The molecule has 0 amide bonds. The largest absolute Gasteiger partial charge is 0.281 e. The molecule has 0 atom stereocenters. The highest BCUT2D eigenvalue weighted by Crippen LogP contribution is 1.90. The molecule has 1 radical (unpaired) electrons. The molecule has 0 fully saturated rings. The molecule has 4 nitrogen and oxygen atoms in total. The van der Waals surface area contributed by atoms with Gasteiger partial charge in [-0.2, -0.15) is 0 Å². The molecule has 0 bridgehead atoms. The Balaban J connectivity index is 2.69. The van der Waals surface area contributed by atoms with Gasteiger partial charge in [0.05, 0.1) is 7.11 Å². The molecular formula is C7H8N3O. The van der Waals surface area contributed by atoms with Crippen molar-refractivity contribution in [1.29, 1.82) is 5.41 Å².